The zero-order chi connectivity index (χ0) is 12.8. The van der Waals surface area contributed by atoms with Gasteiger partial charge in [-0.1, -0.05) is 13.3 Å². The van der Waals surface area contributed by atoms with Gasteiger partial charge in [-0.15, -0.1) is 0 Å². The molecule has 0 aromatic rings. The lowest BCUT2D eigenvalue weighted by Crippen LogP contribution is -2.49. The van der Waals surface area contributed by atoms with E-state index < -0.39 is 6.04 Å². The van der Waals surface area contributed by atoms with Gasteiger partial charge in [0, 0.05) is 20.2 Å². The maximum atomic E-state index is 12.0. The predicted octanol–water partition coefficient (Wildman–Crippen LogP) is 1.39. The van der Waals surface area contributed by atoms with Gasteiger partial charge >= 0.3 is 0 Å². The fraction of sp³-hybridized carbons (Fsp3) is 0.923. The van der Waals surface area contributed by atoms with Crippen LogP contribution in [0.25, 0.3) is 0 Å². The van der Waals surface area contributed by atoms with Crippen LogP contribution in [0, 0.1) is 5.92 Å². The van der Waals surface area contributed by atoms with E-state index in [0.29, 0.717) is 12.6 Å². The normalized spacial score (nSPS) is 26.6. The van der Waals surface area contributed by atoms with Gasteiger partial charge in [0.25, 0.3) is 0 Å². The largest absolute Gasteiger partial charge is 0.383 e. The molecule has 0 aliphatic heterocycles. The number of nitrogens with two attached hydrogens (primary N) is 1. The fourth-order valence-electron chi connectivity index (χ4n) is 2.63. The minimum absolute atomic E-state index is 0.00629. The lowest BCUT2D eigenvalue weighted by atomic mass is 9.84. The van der Waals surface area contributed by atoms with E-state index in [4.69, 9.17) is 10.5 Å². The molecule has 0 spiro atoms. The number of nitrogens with zero attached hydrogens (tertiary/aromatic N) is 1. The van der Waals surface area contributed by atoms with Crippen molar-refractivity contribution in [3.8, 4) is 0 Å². The molecule has 0 bridgehead atoms. The molecule has 0 aromatic carbocycles. The second-order valence-corrected chi connectivity index (χ2v) is 5.09. The first-order chi connectivity index (χ1) is 8.10. The van der Waals surface area contributed by atoms with Gasteiger partial charge in [-0.25, -0.2) is 0 Å². The molecule has 1 rings (SSSR count). The van der Waals surface area contributed by atoms with Crippen molar-refractivity contribution in [3.05, 3.63) is 0 Å². The van der Waals surface area contributed by atoms with Crippen LogP contribution in [0.15, 0.2) is 0 Å². The molecular formula is C13H26N2O2. The molecule has 1 amide bonds. The van der Waals surface area contributed by atoms with Crippen LogP contribution >= 0.6 is 0 Å². The molecule has 1 atom stereocenters. The van der Waals surface area contributed by atoms with E-state index in [1.54, 1.807) is 7.11 Å². The Kier molecular flexibility index (Phi) is 5.92. The number of hydrogen-bond donors (Lipinski definition) is 1. The van der Waals surface area contributed by atoms with Gasteiger partial charge in [-0.05, 0) is 31.6 Å². The summed E-state index contributed by atoms with van der Waals surface area (Å²) < 4.78 is 4.92. The van der Waals surface area contributed by atoms with Gasteiger partial charge in [0.2, 0.25) is 5.91 Å². The monoisotopic (exact) mass is 242 g/mol. The summed E-state index contributed by atoms with van der Waals surface area (Å²) in [6, 6.07) is -0.151. The van der Waals surface area contributed by atoms with Crippen LogP contribution < -0.4 is 5.73 Å². The lowest BCUT2D eigenvalue weighted by molar-refractivity contribution is -0.135. The third-order valence-corrected chi connectivity index (χ3v) is 3.95. The summed E-state index contributed by atoms with van der Waals surface area (Å²) in [4.78, 5) is 13.8. The van der Waals surface area contributed by atoms with Gasteiger partial charge < -0.3 is 15.4 Å². The van der Waals surface area contributed by atoms with Gasteiger partial charge in [-0.3, -0.25) is 4.79 Å². The molecule has 4 nitrogen and oxygen atoms in total. The predicted molar refractivity (Wildman–Crippen MR) is 68.7 cm³/mol. The molecule has 0 saturated heterocycles. The van der Waals surface area contributed by atoms with E-state index >= 15 is 0 Å². The molecule has 0 heterocycles. The first-order valence-electron chi connectivity index (χ1n) is 6.61. The molecule has 100 valence electrons. The Labute approximate surface area is 104 Å². The van der Waals surface area contributed by atoms with Crippen LogP contribution in [-0.2, 0) is 9.53 Å². The highest BCUT2D eigenvalue weighted by Gasteiger charge is 2.28. The smallest absolute Gasteiger partial charge is 0.241 e. The topological polar surface area (TPSA) is 55.6 Å². The van der Waals surface area contributed by atoms with E-state index in [9.17, 15) is 4.79 Å². The highest BCUT2D eigenvalue weighted by molar-refractivity contribution is 5.81. The van der Waals surface area contributed by atoms with Crippen molar-refractivity contribution in [2.75, 3.05) is 20.8 Å². The summed E-state index contributed by atoms with van der Waals surface area (Å²) in [5.74, 6) is 0.856. The number of hydrogen-bond acceptors (Lipinski definition) is 3. The zero-order valence-corrected chi connectivity index (χ0v) is 11.3. The Morgan fingerprint density at radius 2 is 2.00 bits per heavy atom. The molecule has 1 aliphatic rings. The molecule has 0 aromatic heterocycles. The summed E-state index contributed by atoms with van der Waals surface area (Å²) in [6.45, 7) is 2.54. The summed E-state index contributed by atoms with van der Waals surface area (Å²) in [5, 5.41) is 0. The highest BCUT2D eigenvalue weighted by Crippen LogP contribution is 2.29. The van der Waals surface area contributed by atoms with Gasteiger partial charge in [0.15, 0.2) is 0 Å². The Bertz CT molecular complexity index is 238. The molecule has 4 heteroatoms. The van der Waals surface area contributed by atoms with Crippen LogP contribution in [0.5, 0.6) is 0 Å². The quantitative estimate of drug-likeness (QED) is 0.792. The third-order valence-electron chi connectivity index (χ3n) is 3.95. The standard InChI is InChI=1S/C13H26N2O2/c1-4-10-5-7-11(8-6-10)15(2)13(16)12(14)9-17-3/h10-12H,4-9,14H2,1-3H3. The molecule has 2 N–H and O–H groups in total. The van der Waals surface area contributed by atoms with E-state index in [1.165, 1.54) is 19.3 Å². The van der Waals surface area contributed by atoms with Crippen molar-refractivity contribution in [3.63, 3.8) is 0 Å². The van der Waals surface area contributed by atoms with Crippen molar-refractivity contribution in [1.29, 1.82) is 0 Å². The SMILES string of the molecule is CCC1CCC(N(C)C(=O)C(N)COC)CC1. The van der Waals surface area contributed by atoms with Crippen molar-refractivity contribution in [2.24, 2.45) is 11.7 Å². The third kappa shape index (κ3) is 3.96. The van der Waals surface area contributed by atoms with Crippen molar-refractivity contribution in [1.82, 2.24) is 4.90 Å². The number of carbonyl (C=O) groups excluding carboxylic acids is 1. The average Bonchev–Trinajstić information content (AvgIpc) is 2.37. The molecular weight excluding hydrogens is 216 g/mol. The number of carbonyl (C=O) groups is 1. The first kappa shape index (κ1) is 14.5. The summed E-state index contributed by atoms with van der Waals surface area (Å²) in [5.41, 5.74) is 5.77. The van der Waals surface area contributed by atoms with Crippen LogP contribution in [0.2, 0.25) is 0 Å². The van der Waals surface area contributed by atoms with Gasteiger partial charge in [0.1, 0.15) is 6.04 Å². The van der Waals surface area contributed by atoms with E-state index in [1.807, 2.05) is 11.9 Å². The Morgan fingerprint density at radius 3 is 2.47 bits per heavy atom. The molecule has 1 fully saturated rings. The van der Waals surface area contributed by atoms with Crippen LogP contribution in [-0.4, -0.2) is 43.7 Å². The number of methoxy groups -OCH3 is 1. The summed E-state index contributed by atoms with van der Waals surface area (Å²) in [6.07, 6.45) is 5.95. The molecule has 17 heavy (non-hydrogen) atoms. The van der Waals surface area contributed by atoms with Crippen LogP contribution in [0.1, 0.15) is 39.0 Å². The second kappa shape index (κ2) is 6.97. The maximum absolute atomic E-state index is 12.0. The van der Waals surface area contributed by atoms with Gasteiger partial charge in [-0.2, -0.15) is 0 Å². The minimum atomic E-state index is -0.520. The fourth-order valence-corrected chi connectivity index (χ4v) is 2.63. The number of ether oxygens (including phenoxy) is 1. The molecule has 1 saturated carbocycles. The second-order valence-electron chi connectivity index (χ2n) is 5.09. The molecule has 1 aliphatic carbocycles. The number of likely N-dealkylation sites (N-methyl/N-ethyl adjacent to an activating group) is 1. The average molecular weight is 242 g/mol. The van der Waals surface area contributed by atoms with E-state index in [2.05, 4.69) is 6.92 Å². The Morgan fingerprint density at radius 1 is 1.41 bits per heavy atom. The Hall–Kier alpha value is -0.610. The van der Waals surface area contributed by atoms with Crippen molar-refractivity contribution in [2.45, 2.75) is 51.1 Å². The summed E-state index contributed by atoms with van der Waals surface area (Å²) >= 11 is 0. The van der Waals surface area contributed by atoms with Crippen LogP contribution in [0.4, 0.5) is 0 Å². The molecule has 1 unspecified atom stereocenters. The van der Waals surface area contributed by atoms with Crippen molar-refractivity contribution < 1.29 is 9.53 Å². The van der Waals surface area contributed by atoms with Crippen LogP contribution in [0.3, 0.4) is 0 Å². The van der Waals surface area contributed by atoms with Gasteiger partial charge in [0.05, 0.1) is 6.61 Å². The van der Waals surface area contributed by atoms with E-state index in [0.717, 1.165) is 18.8 Å². The zero-order valence-electron chi connectivity index (χ0n) is 11.3. The van der Waals surface area contributed by atoms with E-state index in [-0.39, 0.29) is 5.91 Å². The minimum Gasteiger partial charge on any atom is -0.383 e. The Balaban J connectivity index is 2.42. The lowest BCUT2D eigenvalue weighted by Gasteiger charge is -2.35. The molecule has 0 radical (unpaired) electrons. The number of rotatable bonds is 5. The summed E-state index contributed by atoms with van der Waals surface area (Å²) in [7, 11) is 3.44. The first-order valence-corrected chi connectivity index (χ1v) is 6.61. The highest BCUT2D eigenvalue weighted by atomic mass is 16.5. The number of amides is 1. The maximum Gasteiger partial charge on any atom is 0.241 e. The van der Waals surface area contributed by atoms with Crippen molar-refractivity contribution >= 4 is 5.91 Å².